The van der Waals surface area contributed by atoms with E-state index in [1.807, 2.05) is 18.7 Å². The van der Waals surface area contributed by atoms with E-state index in [0.717, 1.165) is 6.42 Å². The minimum Gasteiger partial charge on any atom is -0.493 e. The zero-order valence-electron chi connectivity index (χ0n) is 22.7. The number of carbonyl (C=O) groups is 1. The summed E-state index contributed by atoms with van der Waals surface area (Å²) < 4.78 is 50.3. The molecule has 0 radical (unpaired) electrons. The maximum Gasteiger partial charge on any atom is 0.301 e. The van der Waals surface area contributed by atoms with Crippen LogP contribution in [0.4, 0.5) is 10.2 Å². The van der Waals surface area contributed by atoms with Crippen LogP contribution in [0.2, 0.25) is 0 Å². The fourth-order valence-electron chi connectivity index (χ4n) is 4.84. The Kier molecular flexibility index (Phi) is 8.29. The molecule has 0 saturated carbocycles. The second-order valence-electron chi connectivity index (χ2n) is 11.2. The summed E-state index contributed by atoms with van der Waals surface area (Å²) in [4.78, 5) is 20.2. The van der Waals surface area contributed by atoms with Gasteiger partial charge in [0.05, 0.1) is 17.9 Å². The van der Waals surface area contributed by atoms with E-state index in [2.05, 4.69) is 35.5 Å². The molecule has 1 aromatic heterocycles. The first-order chi connectivity index (χ1) is 17.9. The van der Waals surface area contributed by atoms with E-state index >= 15 is 0 Å². The van der Waals surface area contributed by atoms with Crippen molar-refractivity contribution in [1.29, 1.82) is 0 Å². The van der Waals surface area contributed by atoms with Gasteiger partial charge in [-0.15, -0.1) is 0 Å². The van der Waals surface area contributed by atoms with Gasteiger partial charge in [0.15, 0.2) is 0 Å². The maximum atomic E-state index is 14.5. The lowest BCUT2D eigenvalue weighted by molar-refractivity contribution is 0.0981. The molecular weight excluding hydrogens is 509 g/mol. The molecule has 1 amide bonds. The molecule has 0 aliphatic carbocycles. The molecule has 1 aromatic carbocycles. The van der Waals surface area contributed by atoms with Crippen LogP contribution in [0.15, 0.2) is 30.3 Å². The lowest BCUT2D eigenvalue weighted by atomic mass is 9.90. The Morgan fingerprint density at radius 1 is 1.26 bits per heavy atom. The standard InChI is InChI=1S/C27H38FN5O4S/c1-17(2)16-37-22-13-19(12-20(28)14-22)24-7-6-23(25(30-24)33-11-9-18(3)27(33,4)5)26(34)32-38(35,36)31-21-8-10-29-15-21/h6-7,12-14,17-18,21,29,31H,8-11,15-16H2,1-5H3,(H,32,34)/t18?,21-/m1/s1. The number of aromatic nitrogens is 1. The second kappa shape index (κ2) is 11.2. The number of nitrogens with one attached hydrogen (secondary N) is 3. The number of anilines is 1. The first kappa shape index (κ1) is 28.3. The summed E-state index contributed by atoms with van der Waals surface area (Å²) in [7, 11) is -4.08. The van der Waals surface area contributed by atoms with Crippen LogP contribution < -0.4 is 24.4 Å². The summed E-state index contributed by atoms with van der Waals surface area (Å²) >= 11 is 0. The van der Waals surface area contributed by atoms with Crippen LogP contribution in [0.5, 0.6) is 5.75 Å². The highest BCUT2D eigenvalue weighted by Crippen LogP contribution is 2.39. The Bertz CT molecular complexity index is 1280. The number of benzene rings is 1. The van der Waals surface area contributed by atoms with Gasteiger partial charge in [0, 0.05) is 36.3 Å². The molecule has 9 nitrogen and oxygen atoms in total. The highest BCUT2D eigenvalue weighted by molar-refractivity contribution is 7.88. The number of hydrogen-bond donors (Lipinski definition) is 3. The fourth-order valence-corrected chi connectivity index (χ4v) is 5.89. The predicted molar refractivity (Wildman–Crippen MR) is 146 cm³/mol. The third-order valence-electron chi connectivity index (χ3n) is 7.42. The molecule has 2 aliphatic rings. The summed E-state index contributed by atoms with van der Waals surface area (Å²) in [5, 5.41) is 3.09. The van der Waals surface area contributed by atoms with Gasteiger partial charge in [0.25, 0.3) is 5.91 Å². The molecule has 1 unspecified atom stereocenters. The molecule has 4 rings (SSSR count). The van der Waals surface area contributed by atoms with Gasteiger partial charge < -0.3 is 15.0 Å². The zero-order chi connectivity index (χ0) is 27.7. The van der Waals surface area contributed by atoms with Crippen LogP contribution >= 0.6 is 0 Å². The van der Waals surface area contributed by atoms with Crippen LogP contribution in [0.25, 0.3) is 11.3 Å². The molecule has 2 aliphatic heterocycles. The van der Waals surface area contributed by atoms with Gasteiger partial charge in [-0.1, -0.05) is 20.8 Å². The highest BCUT2D eigenvalue weighted by Gasteiger charge is 2.41. The number of rotatable bonds is 9. The summed E-state index contributed by atoms with van der Waals surface area (Å²) in [5.41, 5.74) is 0.767. The molecule has 2 fully saturated rings. The first-order valence-corrected chi connectivity index (χ1v) is 14.6. The highest BCUT2D eigenvalue weighted by atomic mass is 32.2. The van der Waals surface area contributed by atoms with Crippen molar-refractivity contribution in [3.63, 3.8) is 0 Å². The normalized spacial score (nSPS) is 21.2. The van der Waals surface area contributed by atoms with Crippen molar-refractivity contribution in [3.05, 3.63) is 41.7 Å². The third-order valence-corrected chi connectivity index (χ3v) is 8.52. The molecule has 208 valence electrons. The summed E-state index contributed by atoms with van der Waals surface area (Å²) in [5.74, 6) is 0.121. The van der Waals surface area contributed by atoms with Crippen molar-refractivity contribution in [3.8, 4) is 17.0 Å². The van der Waals surface area contributed by atoms with Crippen LogP contribution in [-0.4, -0.2) is 57.1 Å². The largest absolute Gasteiger partial charge is 0.493 e. The average Bonchev–Trinajstić information content (AvgIpc) is 3.43. The van der Waals surface area contributed by atoms with Crippen LogP contribution in [0.3, 0.4) is 0 Å². The Balaban J connectivity index is 1.70. The Hall–Kier alpha value is -2.76. The number of nitrogens with zero attached hydrogens (tertiary/aromatic N) is 2. The van der Waals surface area contributed by atoms with Crippen molar-refractivity contribution in [2.24, 2.45) is 11.8 Å². The van der Waals surface area contributed by atoms with E-state index in [9.17, 15) is 17.6 Å². The molecule has 2 aromatic rings. The van der Waals surface area contributed by atoms with Gasteiger partial charge in [-0.2, -0.15) is 13.1 Å². The predicted octanol–water partition coefficient (Wildman–Crippen LogP) is 3.47. The number of halogens is 1. The lowest BCUT2D eigenvalue weighted by Gasteiger charge is -2.36. The van der Waals surface area contributed by atoms with Crippen LogP contribution in [-0.2, 0) is 10.2 Å². The number of amides is 1. The number of pyridine rings is 1. The summed E-state index contributed by atoms with van der Waals surface area (Å²) in [6, 6.07) is 7.30. The van der Waals surface area contributed by atoms with E-state index in [-0.39, 0.29) is 23.1 Å². The van der Waals surface area contributed by atoms with Gasteiger partial charge in [-0.05, 0) is 69.3 Å². The van der Waals surface area contributed by atoms with Gasteiger partial charge in [0.2, 0.25) is 0 Å². The third kappa shape index (κ3) is 6.44. The maximum absolute atomic E-state index is 14.5. The fraction of sp³-hybridized carbons (Fsp3) is 0.556. The Labute approximate surface area is 224 Å². The van der Waals surface area contributed by atoms with Gasteiger partial charge >= 0.3 is 10.2 Å². The van der Waals surface area contributed by atoms with Crippen LogP contribution in [0, 0.1) is 17.7 Å². The first-order valence-electron chi connectivity index (χ1n) is 13.1. The molecular formula is C27H38FN5O4S. The van der Waals surface area contributed by atoms with Crippen molar-refractivity contribution < 1.29 is 22.3 Å². The average molecular weight is 548 g/mol. The van der Waals surface area contributed by atoms with Crippen molar-refractivity contribution in [2.45, 2.75) is 59.0 Å². The monoisotopic (exact) mass is 547 g/mol. The molecule has 0 bridgehead atoms. The minimum absolute atomic E-state index is 0.138. The van der Waals surface area contributed by atoms with E-state index in [1.165, 1.54) is 12.1 Å². The molecule has 3 heterocycles. The van der Waals surface area contributed by atoms with Gasteiger partial charge in [-0.25, -0.2) is 14.1 Å². The number of ether oxygens (including phenoxy) is 1. The summed E-state index contributed by atoms with van der Waals surface area (Å²) in [6.07, 6.45) is 1.54. The SMILES string of the molecule is CC(C)COc1cc(F)cc(-c2ccc(C(=O)NS(=O)(=O)N[C@@H]3CCNC3)c(N3CCC(C)C3(C)C)n2)c1. The molecule has 3 N–H and O–H groups in total. The lowest BCUT2D eigenvalue weighted by Crippen LogP contribution is -2.47. The molecule has 0 spiro atoms. The van der Waals surface area contributed by atoms with Crippen molar-refractivity contribution in [2.75, 3.05) is 31.1 Å². The van der Waals surface area contributed by atoms with Gasteiger partial charge in [-0.3, -0.25) is 4.79 Å². The number of hydrogen-bond acceptors (Lipinski definition) is 7. The smallest absolute Gasteiger partial charge is 0.301 e. The van der Waals surface area contributed by atoms with Gasteiger partial charge in [0.1, 0.15) is 17.4 Å². The van der Waals surface area contributed by atoms with Crippen molar-refractivity contribution >= 4 is 21.9 Å². The Morgan fingerprint density at radius 3 is 2.66 bits per heavy atom. The number of carbonyl (C=O) groups excluding carboxylic acids is 1. The van der Waals surface area contributed by atoms with E-state index in [4.69, 9.17) is 9.72 Å². The molecule has 11 heteroatoms. The van der Waals surface area contributed by atoms with E-state index < -0.39 is 21.9 Å². The van der Waals surface area contributed by atoms with Crippen molar-refractivity contribution in [1.82, 2.24) is 19.7 Å². The molecule has 2 saturated heterocycles. The minimum atomic E-state index is -4.08. The quantitative estimate of drug-likeness (QED) is 0.441. The molecule has 2 atom stereocenters. The van der Waals surface area contributed by atoms with Crippen LogP contribution in [0.1, 0.15) is 57.8 Å². The molecule has 38 heavy (non-hydrogen) atoms. The second-order valence-corrected chi connectivity index (χ2v) is 12.6. The van der Waals surface area contributed by atoms with E-state index in [0.29, 0.717) is 61.4 Å². The van der Waals surface area contributed by atoms with E-state index in [1.54, 1.807) is 18.2 Å². The zero-order valence-corrected chi connectivity index (χ0v) is 23.5. The topological polar surface area (TPSA) is 113 Å². The Morgan fingerprint density at radius 2 is 2.03 bits per heavy atom. The summed E-state index contributed by atoms with van der Waals surface area (Å²) in [6.45, 7) is 12.6.